The Balaban J connectivity index is 0.000000152. The van der Waals surface area contributed by atoms with E-state index in [1.54, 1.807) is 0 Å². The fourth-order valence-corrected chi connectivity index (χ4v) is 13.5. The van der Waals surface area contributed by atoms with Crippen molar-refractivity contribution in [3.8, 4) is 44.8 Å². The highest BCUT2D eigenvalue weighted by atomic mass is 15.1. The van der Waals surface area contributed by atoms with E-state index in [1.807, 2.05) is 0 Å². The summed E-state index contributed by atoms with van der Waals surface area (Å²) in [4.78, 5) is 4.67. The lowest BCUT2D eigenvalue weighted by Gasteiger charge is -2.28. The lowest BCUT2D eigenvalue weighted by Crippen LogP contribution is -2.16. The molecule has 0 spiro atoms. The summed E-state index contributed by atoms with van der Waals surface area (Å²) in [5.41, 5.74) is 29.4. The Hall–Kier alpha value is -10.9. The smallest absolute Gasteiger partial charge is 0.0541 e. The number of anilines is 6. The minimum Gasteiger partial charge on any atom is -0.311 e. The number of benzene rings is 13. The molecule has 16 rings (SSSR count). The summed E-state index contributed by atoms with van der Waals surface area (Å²) in [5.74, 6) is 0. The molecule has 428 valence electrons. The predicted octanol–water partition coefficient (Wildman–Crippen LogP) is 23.4. The summed E-state index contributed by atoms with van der Waals surface area (Å²) in [6, 6.07) is 111. The van der Waals surface area contributed by atoms with Gasteiger partial charge in [-0.25, -0.2) is 0 Å². The van der Waals surface area contributed by atoms with Crippen LogP contribution in [0.4, 0.5) is 34.1 Å². The van der Waals surface area contributed by atoms with Gasteiger partial charge < -0.3 is 18.9 Å². The van der Waals surface area contributed by atoms with Crippen molar-refractivity contribution in [2.45, 2.75) is 47.0 Å². The Morgan fingerprint density at radius 3 is 1.03 bits per heavy atom. The van der Waals surface area contributed by atoms with Gasteiger partial charge in [0.15, 0.2) is 0 Å². The van der Waals surface area contributed by atoms with E-state index in [2.05, 4.69) is 364 Å². The summed E-state index contributed by atoms with van der Waals surface area (Å²) in [6.45, 7) is 13.3. The molecule has 15 aromatic rings. The van der Waals surface area contributed by atoms with Crippen molar-refractivity contribution in [1.82, 2.24) is 9.13 Å². The van der Waals surface area contributed by atoms with Crippen molar-refractivity contribution in [2.24, 2.45) is 0 Å². The fourth-order valence-electron chi connectivity index (χ4n) is 13.5. The largest absolute Gasteiger partial charge is 0.311 e. The van der Waals surface area contributed by atoms with Gasteiger partial charge >= 0.3 is 0 Å². The average molecular weight is 1150 g/mol. The Labute approximate surface area is 522 Å². The standard InChI is InChI=1S/C47H38N2.C38H30N2/c1-31-14-20-36(21-15-31)48(35-10-6-5-7-11-35)38-24-26-40-39-25-18-34(29-43(39)47(3,4)44(40)30-38)33-19-27-46-42(28-33)41-12-8-9-13-45(41)49(46)37-22-16-32(2)17-23-37;1-27-12-19-32(20-13-27)39(31-8-4-3-5-9-31)33-23-16-29(17-24-33)30-18-25-38-36(26-30)35-10-6-7-11-37(35)40(38)34-21-14-28(2)15-22-34/h5-30H,1-4H3;3-26H,1-2H3. The van der Waals surface area contributed by atoms with E-state index >= 15 is 0 Å². The van der Waals surface area contributed by atoms with Gasteiger partial charge in [-0.2, -0.15) is 0 Å². The van der Waals surface area contributed by atoms with Gasteiger partial charge in [0.05, 0.1) is 22.1 Å². The SMILES string of the molecule is Cc1ccc(N(c2ccccc2)c2ccc(-c3ccc4c(c3)c3ccccc3n4-c3ccc(C)cc3)cc2)cc1.Cc1ccc(N(c2ccccc2)c2ccc3c(c2)C(C)(C)c2cc(-c4ccc5c(c4)c4ccccc4n5-c4ccc(C)cc4)ccc2-3)cc1. The van der Waals surface area contributed by atoms with Crippen LogP contribution in [0.2, 0.25) is 0 Å². The second-order valence-electron chi connectivity index (χ2n) is 24.5. The Morgan fingerprint density at radius 2 is 0.562 bits per heavy atom. The maximum absolute atomic E-state index is 2.43. The van der Waals surface area contributed by atoms with E-state index in [4.69, 9.17) is 0 Å². The van der Waals surface area contributed by atoms with Gasteiger partial charge in [0.2, 0.25) is 0 Å². The molecule has 0 saturated carbocycles. The number of nitrogens with zero attached hydrogens (tertiary/aromatic N) is 4. The minimum absolute atomic E-state index is 0.155. The van der Waals surface area contributed by atoms with Crippen molar-refractivity contribution in [2.75, 3.05) is 9.80 Å². The molecule has 1 aliphatic rings. The van der Waals surface area contributed by atoms with Crippen molar-refractivity contribution in [1.29, 1.82) is 0 Å². The van der Waals surface area contributed by atoms with Gasteiger partial charge in [0.25, 0.3) is 0 Å². The van der Waals surface area contributed by atoms with Gasteiger partial charge in [-0.3, -0.25) is 0 Å². The van der Waals surface area contributed by atoms with Crippen LogP contribution in [0.5, 0.6) is 0 Å². The van der Waals surface area contributed by atoms with Crippen LogP contribution in [0, 0.1) is 27.7 Å². The maximum atomic E-state index is 2.43. The number of rotatable bonds is 10. The predicted molar refractivity (Wildman–Crippen MR) is 378 cm³/mol. The zero-order chi connectivity index (χ0) is 60.3. The number of aryl methyl sites for hydroxylation is 4. The third-order valence-electron chi connectivity index (χ3n) is 18.3. The summed E-state index contributed by atoms with van der Waals surface area (Å²) in [7, 11) is 0. The van der Waals surface area contributed by atoms with Crippen LogP contribution in [0.1, 0.15) is 47.2 Å². The van der Waals surface area contributed by atoms with E-state index in [0.717, 1.165) is 28.4 Å². The molecule has 4 nitrogen and oxygen atoms in total. The molecule has 0 saturated heterocycles. The van der Waals surface area contributed by atoms with E-state index in [9.17, 15) is 0 Å². The van der Waals surface area contributed by atoms with Gasteiger partial charge in [-0.1, -0.05) is 200 Å². The molecule has 1 aliphatic carbocycles. The van der Waals surface area contributed by atoms with Gasteiger partial charge in [0, 0.05) is 72.5 Å². The van der Waals surface area contributed by atoms with Crippen LogP contribution in [0.15, 0.2) is 303 Å². The summed E-state index contributed by atoms with van der Waals surface area (Å²) in [6.07, 6.45) is 0. The maximum Gasteiger partial charge on any atom is 0.0541 e. The molecule has 0 unspecified atom stereocenters. The fraction of sp³-hybridized carbons (Fsp3) is 0.0824. The van der Waals surface area contributed by atoms with Crippen LogP contribution in [-0.4, -0.2) is 9.13 Å². The zero-order valence-electron chi connectivity index (χ0n) is 51.2. The molecule has 0 bridgehead atoms. The first-order chi connectivity index (χ1) is 43.5. The van der Waals surface area contributed by atoms with Gasteiger partial charge in [0.1, 0.15) is 0 Å². The van der Waals surface area contributed by atoms with Crippen LogP contribution in [0.3, 0.4) is 0 Å². The third-order valence-corrected chi connectivity index (χ3v) is 18.3. The average Bonchev–Trinajstić information content (AvgIpc) is 1.69. The van der Waals surface area contributed by atoms with Crippen molar-refractivity contribution >= 4 is 77.7 Å². The van der Waals surface area contributed by atoms with Crippen LogP contribution in [0.25, 0.3) is 88.4 Å². The minimum atomic E-state index is -0.155. The lowest BCUT2D eigenvalue weighted by molar-refractivity contribution is 0.660. The second-order valence-corrected chi connectivity index (χ2v) is 24.5. The summed E-state index contributed by atoms with van der Waals surface area (Å²) in [5, 5.41) is 5.09. The molecule has 4 heteroatoms. The van der Waals surface area contributed by atoms with Crippen molar-refractivity contribution in [3.63, 3.8) is 0 Å². The molecule has 0 amide bonds. The molecular formula is C85H68N4. The van der Waals surface area contributed by atoms with Crippen LogP contribution < -0.4 is 9.80 Å². The third kappa shape index (κ3) is 9.93. The topological polar surface area (TPSA) is 16.3 Å². The van der Waals surface area contributed by atoms with Gasteiger partial charge in [-0.15, -0.1) is 0 Å². The van der Waals surface area contributed by atoms with Crippen molar-refractivity contribution in [3.05, 3.63) is 337 Å². The summed E-state index contributed by atoms with van der Waals surface area (Å²) < 4.78 is 4.76. The number of para-hydroxylation sites is 4. The molecule has 0 aliphatic heterocycles. The monoisotopic (exact) mass is 1140 g/mol. The molecular weight excluding hydrogens is 1080 g/mol. The first kappa shape index (κ1) is 54.7. The van der Waals surface area contributed by atoms with Crippen molar-refractivity contribution < 1.29 is 0 Å². The summed E-state index contributed by atoms with van der Waals surface area (Å²) >= 11 is 0. The number of hydrogen-bond acceptors (Lipinski definition) is 2. The highest BCUT2D eigenvalue weighted by molar-refractivity contribution is 6.12. The van der Waals surface area contributed by atoms with E-state index in [1.165, 1.54) is 127 Å². The molecule has 0 radical (unpaired) electrons. The second kappa shape index (κ2) is 22.4. The molecule has 0 fully saturated rings. The molecule has 2 heterocycles. The molecule has 0 atom stereocenters. The van der Waals surface area contributed by atoms with Crippen LogP contribution in [-0.2, 0) is 5.41 Å². The van der Waals surface area contributed by atoms with Crippen LogP contribution >= 0.6 is 0 Å². The van der Waals surface area contributed by atoms with E-state index < -0.39 is 0 Å². The molecule has 89 heavy (non-hydrogen) atoms. The molecule has 13 aromatic carbocycles. The number of fused-ring (bicyclic) bond motifs is 9. The van der Waals surface area contributed by atoms with E-state index in [-0.39, 0.29) is 5.41 Å². The molecule has 0 N–H and O–H groups in total. The Bertz CT molecular complexity index is 5090. The first-order valence-corrected chi connectivity index (χ1v) is 31.0. The first-order valence-electron chi connectivity index (χ1n) is 31.0. The Morgan fingerprint density at radius 1 is 0.247 bits per heavy atom. The van der Waals surface area contributed by atoms with E-state index in [0.29, 0.717) is 0 Å². The molecule has 2 aromatic heterocycles. The zero-order valence-corrected chi connectivity index (χ0v) is 51.2. The highest BCUT2D eigenvalue weighted by Crippen LogP contribution is 2.52. The number of aromatic nitrogens is 2. The number of hydrogen-bond donors (Lipinski definition) is 0. The Kier molecular flexibility index (Phi) is 13.8. The lowest BCUT2D eigenvalue weighted by atomic mass is 9.81. The normalized spacial score (nSPS) is 12.2. The highest BCUT2D eigenvalue weighted by Gasteiger charge is 2.36. The quantitative estimate of drug-likeness (QED) is 0.136. The van der Waals surface area contributed by atoms with Gasteiger partial charge in [-0.05, 0) is 212 Å².